The molecule has 0 saturated carbocycles. The lowest BCUT2D eigenvalue weighted by Crippen LogP contribution is -2.48. The highest BCUT2D eigenvalue weighted by molar-refractivity contribution is 5.93. The van der Waals surface area contributed by atoms with E-state index in [1.807, 2.05) is 12.1 Å². The van der Waals surface area contributed by atoms with Gasteiger partial charge in [0, 0.05) is 37.9 Å². The normalized spacial score (nSPS) is 14.4. The standard InChI is InChI=1S/C20H25N5O2/c1-14(2)16-4-6-17(7-5-16)23-19-12-18(21-15(3)22-19)20(27)25-10-8-24(13-26)9-11-25/h4-7,12-14H,8-11H2,1-3H3,(H,21,22,23). The smallest absolute Gasteiger partial charge is 0.272 e. The Balaban J connectivity index is 1.74. The van der Waals surface area contributed by atoms with Gasteiger partial charge in [0.15, 0.2) is 0 Å². The third-order valence-electron chi connectivity index (χ3n) is 4.66. The number of hydrogen-bond donors (Lipinski definition) is 1. The van der Waals surface area contributed by atoms with Gasteiger partial charge in [-0.2, -0.15) is 0 Å². The molecule has 1 fully saturated rings. The Labute approximate surface area is 159 Å². The van der Waals surface area contributed by atoms with Crippen LogP contribution in [0.25, 0.3) is 0 Å². The van der Waals surface area contributed by atoms with E-state index in [-0.39, 0.29) is 5.91 Å². The highest BCUT2D eigenvalue weighted by Gasteiger charge is 2.23. The first kappa shape index (κ1) is 18.8. The van der Waals surface area contributed by atoms with Crippen molar-refractivity contribution in [1.29, 1.82) is 0 Å². The largest absolute Gasteiger partial charge is 0.342 e. The van der Waals surface area contributed by atoms with Crippen LogP contribution in [0.4, 0.5) is 11.5 Å². The zero-order chi connectivity index (χ0) is 19.4. The van der Waals surface area contributed by atoms with E-state index in [4.69, 9.17) is 0 Å². The number of anilines is 2. The fourth-order valence-electron chi connectivity index (χ4n) is 3.03. The minimum atomic E-state index is -0.135. The number of amides is 2. The van der Waals surface area contributed by atoms with Crippen LogP contribution in [-0.4, -0.2) is 58.3 Å². The highest BCUT2D eigenvalue weighted by Crippen LogP contribution is 2.20. The van der Waals surface area contributed by atoms with Gasteiger partial charge in [-0.1, -0.05) is 26.0 Å². The molecular formula is C20H25N5O2. The van der Waals surface area contributed by atoms with Gasteiger partial charge < -0.3 is 15.1 Å². The number of rotatable bonds is 5. The summed E-state index contributed by atoms with van der Waals surface area (Å²) in [6, 6.07) is 9.86. The summed E-state index contributed by atoms with van der Waals surface area (Å²) < 4.78 is 0. The summed E-state index contributed by atoms with van der Waals surface area (Å²) in [6.45, 7) is 8.21. The molecule has 1 aliphatic rings. The van der Waals surface area contributed by atoms with Crippen LogP contribution in [0.3, 0.4) is 0 Å². The van der Waals surface area contributed by atoms with E-state index in [0.29, 0.717) is 49.4 Å². The molecule has 0 aliphatic carbocycles. The van der Waals surface area contributed by atoms with Gasteiger partial charge >= 0.3 is 0 Å². The third-order valence-corrected chi connectivity index (χ3v) is 4.66. The first-order chi connectivity index (χ1) is 13.0. The molecule has 2 aromatic rings. The summed E-state index contributed by atoms with van der Waals surface area (Å²) in [5, 5.41) is 3.25. The van der Waals surface area contributed by atoms with Gasteiger partial charge in [0.05, 0.1) is 0 Å². The molecule has 1 aromatic heterocycles. The second kappa shape index (κ2) is 8.16. The number of hydrogen-bond acceptors (Lipinski definition) is 5. The summed E-state index contributed by atoms with van der Waals surface area (Å²) in [5.41, 5.74) is 2.55. The summed E-state index contributed by atoms with van der Waals surface area (Å²) in [7, 11) is 0. The maximum Gasteiger partial charge on any atom is 0.272 e. The fraction of sp³-hybridized carbons (Fsp3) is 0.400. The lowest BCUT2D eigenvalue weighted by molar-refractivity contribution is -0.119. The van der Waals surface area contributed by atoms with Crippen LogP contribution in [0, 0.1) is 6.92 Å². The molecule has 2 heterocycles. The van der Waals surface area contributed by atoms with Crippen LogP contribution in [0.5, 0.6) is 0 Å². The molecule has 7 heteroatoms. The van der Waals surface area contributed by atoms with E-state index in [2.05, 4.69) is 41.3 Å². The average molecular weight is 367 g/mol. The van der Waals surface area contributed by atoms with Gasteiger partial charge in [0.2, 0.25) is 6.41 Å². The summed E-state index contributed by atoms with van der Waals surface area (Å²) in [6.07, 6.45) is 0.823. The van der Waals surface area contributed by atoms with E-state index in [0.717, 1.165) is 12.1 Å². The topological polar surface area (TPSA) is 78.4 Å². The summed E-state index contributed by atoms with van der Waals surface area (Å²) in [4.78, 5) is 35.7. The third kappa shape index (κ3) is 4.61. The van der Waals surface area contributed by atoms with E-state index in [1.165, 1.54) is 5.56 Å². The van der Waals surface area contributed by atoms with Gasteiger partial charge in [-0.3, -0.25) is 9.59 Å². The second-order valence-corrected chi connectivity index (χ2v) is 7.02. The van der Waals surface area contributed by atoms with Crippen LogP contribution in [-0.2, 0) is 4.79 Å². The monoisotopic (exact) mass is 367 g/mol. The minimum Gasteiger partial charge on any atom is -0.342 e. The van der Waals surface area contributed by atoms with Gasteiger partial charge in [0.25, 0.3) is 5.91 Å². The predicted octanol–water partition coefficient (Wildman–Crippen LogP) is 2.57. The minimum absolute atomic E-state index is 0.135. The number of benzene rings is 1. The molecular weight excluding hydrogens is 342 g/mol. The predicted molar refractivity (Wildman–Crippen MR) is 104 cm³/mol. The molecule has 0 atom stereocenters. The molecule has 2 amide bonds. The van der Waals surface area contributed by atoms with Crippen molar-refractivity contribution in [2.24, 2.45) is 0 Å². The van der Waals surface area contributed by atoms with Crippen LogP contribution < -0.4 is 5.32 Å². The molecule has 27 heavy (non-hydrogen) atoms. The van der Waals surface area contributed by atoms with Crippen LogP contribution in [0.1, 0.15) is 41.6 Å². The zero-order valence-corrected chi connectivity index (χ0v) is 16.0. The van der Waals surface area contributed by atoms with Crippen LogP contribution >= 0.6 is 0 Å². The van der Waals surface area contributed by atoms with Crippen LogP contribution in [0.2, 0.25) is 0 Å². The molecule has 142 valence electrons. The Bertz CT molecular complexity index is 812. The molecule has 1 aliphatic heterocycles. The number of carbonyl (C=O) groups is 2. The SMILES string of the molecule is Cc1nc(Nc2ccc(C(C)C)cc2)cc(C(=O)N2CCN(C=O)CC2)n1. The Morgan fingerprint density at radius 2 is 1.78 bits per heavy atom. The van der Waals surface area contributed by atoms with Crippen molar-refractivity contribution in [2.45, 2.75) is 26.7 Å². The first-order valence-electron chi connectivity index (χ1n) is 9.17. The highest BCUT2D eigenvalue weighted by atomic mass is 16.2. The number of nitrogens with zero attached hydrogens (tertiary/aromatic N) is 4. The van der Waals surface area contributed by atoms with E-state index >= 15 is 0 Å². The van der Waals surface area contributed by atoms with Gasteiger partial charge in [-0.05, 0) is 30.5 Å². The van der Waals surface area contributed by atoms with Crippen LogP contribution in [0.15, 0.2) is 30.3 Å². The molecule has 1 saturated heterocycles. The average Bonchev–Trinajstić information content (AvgIpc) is 2.67. The molecule has 0 bridgehead atoms. The number of nitrogens with one attached hydrogen (secondary N) is 1. The molecule has 1 N–H and O–H groups in total. The molecule has 0 spiro atoms. The van der Waals surface area contributed by atoms with E-state index in [1.54, 1.807) is 22.8 Å². The fourth-order valence-corrected chi connectivity index (χ4v) is 3.03. The number of piperazine rings is 1. The van der Waals surface area contributed by atoms with Crippen molar-refractivity contribution in [3.63, 3.8) is 0 Å². The Morgan fingerprint density at radius 1 is 1.11 bits per heavy atom. The molecule has 1 aromatic carbocycles. The lowest BCUT2D eigenvalue weighted by Gasteiger charge is -2.32. The molecule has 0 radical (unpaired) electrons. The van der Waals surface area contributed by atoms with Crippen molar-refractivity contribution in [1.82, 2.24) is 19.8 Å². The number of carbonyl (C=O) groups excluding carboxylic acids is 2. The van der Waals surface area contributed by atoms with Crippen molar-refractivity contribution >= 4 is 23.8 Å². The van der Waals surface area contributed by atoms with Gasteiger partial charge in [0.1, 0.15) is 17.3 Å². The summed E-state index contributed by atoms with van der Waals surface area (Å²) >= 11 is 0. The number of aryl methyl sites for hydroxylation is 1. The zero-order valence-electron chi connectivity index (χ0n) is 16.0. The Kier molecular flexibility index (Phi) is 5.69. The Hall–Kier alpha value is -2.96. The summed E-state index contributed by atoms with van der Waals surface area (Å²) in [5.74, 6) is 1.47. The van der Waals surface area contributed by atoms with E-state index in [9.17, 15) is 9.59 Å². The quantitative estimate of drug-likeness (QED) is 0.822. The maximum absolute atomic E-state index is 12.8. The second-order valence-electron chi connectivity index (χ2n) is 7.02. The maximum atomic E-state index is 12.8. The van der Waals surface area contributed by atoms with Gasteiger partial charge in [-0.15, -0.1) is 0 Å². The number of aromatic nitrogens is 2. The van der Waals surface area contributed by atoms with Crippen molar-refractivity contribution in [3.8, 4) is 0 Å². The Morgan fingerprint density at radius 3 is 2.37 bits per heavy atom. The van der Waals surface area contributed by atoms with Crippen molar-refractivity contribution in [3.05, 3.63) is 47.4 Å². The van der Waals surface area contributed by atoms with Crippen molar-refractivity contribution < 1.29 is 9.59 Å². The van der Waals surface area contributed by atoms with E-state index < -0.39 is 0 Å². The molecule has 0 unspecified atom stereocenters. The van der Waals surface area contributed by atoms with Crippen molar-refractivity contribution in [2.75, 3.05) is 31.5 Å². The van der Waals surface area contributed by atoms with Gasteiger partial charge in [-0.25, -0.2) is 9.97 Å². The first-order valence-corrected chi connectivity index (χ1v) is 9.17. The molecule has 7 nitrogen and oxygen atoms in total. The lowest BCUT2D eigenvalue weighted by atomic mass is 10.0. The molecule has 3 rings (SSSR count).